The van der Waals surface area contributed by atoms with Gasteiger partial charge in [-0.05, 0) is 36.8 Å². The van der Waals surface area contributed by atoms with Gasteiger partial charge in [0.25, 0.3) is 0 Å². The summed E-state index contributed by atoms with van der Waals surface area (Å²) in [5.41, 5.74) is 4.42. The maximum Gasteiger partial charge on any atom is 0.318 e. The van der Waals surface area contributed by atoms with Gasteiger partial charge in [0.05, 0.1) is 11.7 Å². The van der Waals surface area contributed by atoms with E-state index in [1.807, 2.05) is 30.9 Å². The molecule has 1 unspecified atom stereocenters. The highest BCUT2D eigenvalue weighted by molar-refractivity contribution is 5.75. The van der Waals surface area contributed by atoms with E-state index in [9.17, 15) is 9.90 Å². The second-order valence-corrected chi connectivity index (χ2v) is 6.92. The normalized spacial score (nSPS) is 15.6. The second kappa shape index (κ2) is 9.04. The fourth-order valence-corrected chi connectivity index (χ4v) is 3.90. The summed E-state index contributed by atoms with van der Waals surface area (Å²) in [6, 6.07) is 8.27. The van der Waals surface area contributed by atoms with E-state index in [1.54, 1.807) is 0 Å². The molecule has 1 aromatic carbocycles. The largest absolute Gasteiger partial charge is 0.396 e. The smallest absolute Gasteiger partial charge is 0.318 e. The Morgan fingerprint density at radius 3 is 2.89 bits per heavy atom. The van der Waals surface area contributed by atoms with Crippen LogP contribution in [0.25, 0.3) is 0 Å². The Morgan fingerprint density at radius 1 is 1.33 bits per heavy atom. The molecule has 1 atom stereocenters. The molecule has 1 aliphatic carbocycles. The van der Waals surface area contributed by atoms with Gasteiger partial charge in [-0.25, -0.2) is 4.79 Å². The maximum absolute atomic E-state index is 13.0. The van der Waals surface area contributed by atoms with Gasteiger partial charge in [0.15, 0.2) is 0 Å². The lowest BCUT2D eigenvalue weighted by atomic mass is 10.1. The fraction of sp³-hybridized carbons (Fsp3) is 0.524. The Morgan fingerprint density at radius 2 is 2.15 bits per heavy atom. The van der Waals surface area contributed by atoms with Crippen LogP contribution in [0.4, 0.5) is 4.79 Å². The molecular weight excluding hydrogens is 342 g/mol. The number of benzene rings is 1. The average Bonchev–Trinajstić information content (AvgIpc) is 3.30. The number of aliphatic hydroxyl groups is 1. The van der Waals surface area contributed by atoms with Crippen LogP contribution in [-0.4, -0.2) is 34.3 Å². The number of aliphatic hydroxyl groups excluding tert-OH is 1. The number of aromatic nitrogens is 1. The van der Waals surface area contributed by atoms with E-state index >= 15 is 0 Å². The number of rotatable bonds is 8. The third-order valence-corrected chi connectivity index (χ3v) is 5.32. The first-order chi connectivity index (χ1) is 13.2. The molecule has 27 heavy (non-hydrogen) atoms. The van der Waals surface area contributed by atoms with E-state index < -0.39 is 0 Å². The second-order valence-electron chi connectivity index (χ2n) is 6.92. The lowest BCUT2D eigenvalue weighted by Gasteiger charge is -2.30. The van der Waals surface area contributed by atoms with Gasteiger partial charge in [-0.3, -0.25) is 0 Å². The zero-order valence-electron chi connectivity index (χ0n) is 16.2. The summed E-state index contributed by atoms with van der Waals surface area (Å²) in [4.78, 5) is 14.9. The minimum Gasteiger partial charge on any atom is -0.396 e. The first-order valence-corrected chi connectivity index (χ1v) is 9.88. The van der Waals surface area contributed by atoms with E-state index in [0.29, 0.717) is 19.5 Å². The quantitative estimate of drug-likeness (QED) is 0.746. The number of nitrogens with zero attached hydrogens (tertiary/aromatic N) is 2. The van der Waals surface area contributed by atoms with Crippen LogP contribution in [0, 0.1) is 0 Å². The van der Waals surface area contributed by atoms with Gasteiger partial charge in [-0.2, -0.15) is 0 Å². The minimum atomic E-state index is -0.101. The lowest BCUT2D eigenvalue weighted by molar-refractivity contribution is 0.164. The van der Waals surface area contributed by atoms with Crippen molar-refractivity contribution in [2.75, 3.05) is 13.2 Å². The summed E-state index contributed by atoms with van der Waals surface area (Å²) in [6.07, 6.45) is 4.00. The van der Waals surface area contributed by atoms with Crippen LogP contribution in [0.1, 0.15) is 60.9 Å². The highest BCUT2D eigenvalue weighted by Gasteiger charge is 2.30. The zero-order chi connectivity index (χ0) is 19.2. The summed E-state index contributed by atoms with van der Waals surface area (Å²) < 4.78 is 5.39. The third-order valence-electron chi connectivity index (χ3n) is 5.32. The molecule has 1 aliphatic rings. The monoisotopic (exact) mass is 371 g/mol. The van der Waals surface area contributed by atoms with Crippen molar-refractivity contribution in [1.29, 1.82) is 0 Å². The molecule has 2 N–H and O–H groups in total. The van der Waals surface area contributed by atoms with Crippen LogP contribution in [0.3, 0.4) is 0 Å². The van der Waals surface area contributed by atoms with E-state index in [0.717, 1.165) is 42.7 Å². The molecule has 6 heteroatoms. The van der Waals surface area contributed by atoms with Gasteiger partial charge in [-0.1, -0.05) is 43.3 Å². The lowest BCUT2D eigenvalue weighted by Crippen LogP contribution is -2.42. The van der Waals surface area contributed by atoms with Crippen LogP contribution in [0.5, 0.6) is 0 Å². The fourth-order valence-electron chi connectivity index (χ4n) is 3.90. The van der Waals surface area contributed by atoms with Crippen molar-refractivity contribution in [2.45, 2.75) is 58.5 Å². The van der Waals surface area contributed by atoms with Crippen molar-refractivity contribution in [3.63, 3.8) is 0 Å². The number of carbonyl (C=O) groups excluding carboxylic acids is 1. The number of amides is 2. The van der Waals surface area contributed by atoms with Crippen molar-refractivity contribution < 1.29 is 14.4 Å². The number of nitrogens with one attached hydrogen (secondary N) is 1. The Labute approximate surface area is 160 Å². The van der Waals surface area contributed by atoms with Gasteiger partial charge in [-0.15, -0.1) is 0 Å². The molecule has 0 fully saturated rings. The molecule has 0 bridgehead atoms. The maximum atomic E-state index is 13.0. The molecule has 6 nitrogen and oxygen atoms in total. The number of hydrogen-bond acceptors (Lipinski definition) is 4. The van der Waals surface area contributed by atoms with E-state index in [1.165, 1.54) is 11.1 Å². The predicted octanol–water partition coefficient (Wildman–Crippen LogP) is 3.38. The zero-order valence-corrected chi connectivity index (χ0v) is 16.2. The van der Waals surface area contributed by atoms with E-state index in [4.69, 9.17) is 4.52 Å². The summed E-state index contributed by atoms with van der Waals surface area (Å²) in [6.45, 7) is 5.08. The number of hydrogen-bond donors (Lipinski definition) is 2. The Bertz CT molecular complexity index is 750. The summed E-state index contributed by atoms with van der Waals surface area (Å²) >= 11 is 0. The van der Waals surface area contributed by atoms with Gasteiger partial charge >= 0.3 is 6.03 Å². The van der Waals surface area contributed by atoms with Crippen LogP contribution in [0.2, 0.25) is 0 Å². The van der Waals surface area contributed by atoms with Crippen LogP contribution >= 0.6 is 0 Å². The molecule has 146 valence electrons. The van der Waals surface area contributed by atoms with Crippen LogP contribution in [-0.2, 0) is 25.8 Å². The minimum absolute atomic E-state index is 0.0616. The third kappa shape index (κ3) is 4.16. The number of fused-ring (bicyclic) bond motifs is 1. The predicted molar refractivity (Wildman–Crippen MR) is 103 cm³/mol. The van der Waals surface area contributed by atoms with Crippen LogP contribution in [0.15, 0.2) is 28.8 Å². The summed E-state index contributed by atoms with van der Waals surface area (Å²) in [5.74, 6) is 0.834. The molecule has 0 saturated heterocycles. The average molecular weight is 371 g/mol. The number of urea groups is 1. The van der Waals surface area contributed by atoms with E-state index in [-0.39, 0.29) is 18.7 Å². The Hall–Kier alpha value is -2.34. The molecule has 0 radical (unpaired) electrons. The summed E-state index contributed by atoms with van der Waals surface area (Å²) in [5, 5.41) is 16.4. The molecule has 0 spiro atoms. The first kappa shape index (κ1) is 19.4. The van der Waals surface area contributed by atoms with Crippen molar-refractivity contribution in [3.05, 3.63) is 52.4 Å². The molecule has 1 aromatic heterocycles. The molecular formula is C21H29N3O3. The molecule has 0 saturated carbocycles. The molecule has 2 amide bonds. The summed E-state index contributed by atoms with van der Waals surface area (Å²) in [7, 11) is 0. The van der Waals surface area contributed by atoms with E-state index in [2.05, 4.69) is 22.6 Å². The highest BCUT2D eigenvalue weighted by Crippen LogP contribution is 2.35. The number of aryl methyl sites for hydroxylation is 3. The van der Waals surface area contributed by atoms with Crippen molar-refractivity contribution >= 4 is 6.03 Å². The molecule has 0 aliphatic heterocycles. The van der Waals surface area contributed by atoms with Gasteiger partial charge in [0, 0.05) is 31.7 Å². The van der Waals surface area contributed by atoms with Gasteiger partial charge < -0.3 is 19.8 Å². The topological polar surface area (TPSA) is 78.6 Å². The Kier molecular flexibility index (Phi) is 6.50. The van der Waals surface area contributed by atoms with Crippen molar-refractivity contribution in [1.82, 2.24) is 15.4 Å². The standard InChI is InChI=1S/C21H29N3O3/c1-3-18-17(20(4-2)27-23-18)14-22-21(26)24(12-7-13-25)19-11-10-15-8-5-6-9-16(15)19/h5-6,8-9,19,25H,3-4,7,10-14H2,1-2H3,(H,22,26). The van der Waals surface area contributed by atoms with Gasteiger partial charge in [0.1, 0.15) is 5.76 Å². The molecule has 2 aromatic rings. The first-order valence-electron chi connectivity index (χ1n) is 9.88. The molecule has 3 rings (SSSR count). The van der Waals surface area contributed by atoms with Crippen LogP contribution < -0.4 is 5.32 Å². The van der Waals surface area contributed by atoms with Gasteiger partial charge in [0.2, 0.25) is 0 Å². The molecule has 1 heterocycles. The number of carbonyl (C=O) groups is 1. The van der Waals surface area contributed by atoms with Crippen molar-refractivity contribution in [3.8, 4) is 0 Å². The Balaban J connectivity index is 1.74. The van der Waals surface area contributed by atoms with Crippen molar-refractivity contribution in [2.24, 2.45) is 0 Å². The SMILES string of the molecule is CCc1noc(CC)c1CNC(=O)N(CCCO)C1CCc2ccccc21. The highest BCUT2D eigenvalue weighted by atomic mass is 16.5.